The van der Waals surface area contributed by atoms with E-state index in [0.29, 0.717) is 0 Å². The van der Waals surface area contributed by atoms with Crippen LogP contribution in [-0.4, -0.2) is 29.2 Å². The molecule has 0 saturated heterocycles. The van der Waals surface area contributed by atoms with Gasteiger partial charge >= 0.3 is 7.60 Å². The van der Waals surface area contributed by atoms with E-state index < -0.39 is 13.9 Å². The van der Waals surface area contributed by atoms with Gasteiger partial charge in [-0.15, -0.1) is 0 Å². The summed E-state index contributed by atoms with van der Waals surface area (Å²) in [5.74, 6) is 0. The van der Waals surface area contributed by atoms with E-state index in [0.717, 1.165) is 25.9 Å². The number of hydrogen-bond acceptors (Lipinski definition) is 4. The molecule has 0 aliphatic carbocycles. The van der Waals surface area contributed by atoms with E-state index in [-0.39, 0.29) is 0 Å². The largest absolute Gasteiger partial charge is 0.338 e. The Labute approximate surface area is 72.3 Å². The van der Waals surface area contributed by atoms with Crippen molar-refractivity contribution in [2.45, 2.75) is 12.8 Å². The summed E-state index contributed by atoms with van der Waals surface area (Å²) in [6, 6.07) is 0. The molecule has 12 heavy (non-hydrogen) atoms. The Balaban J connectivity index is 0. The molecule has 8 N–H and O–H groups in total. The van der Waals surface area contributed by atoms with Crippen molar-refractivity contribution in [2.24, 2.45) is 17.2 Å². The highest BCUT2D eigenvalue weighted by atomic mass is 31.2. The van der Waals surface area contributed by atoms with Crippen molar-refractivity contribution in [1.29, 1.82) is 0 Å². The monoisotopic (exact) mass is 199 g/mol. The van der Waals surface area contributed by atoms with Crippen LogP contribution >= 0.6 is 7.60 Å². The van der Waals surface area contributed by atoms with Gasteiger partial charge < -0.3 is 27.0 Å². The van der Waals surface area contributed by atoms with Crippen molar-refractivity contribution in [3.05, 3.63) is 0 Å². The zero-order valence-corrected chi connectivity index (χ0v) is 7.91. The zero-order valence-electron chi connectivity index (χ0n) is 7.02. The summed E-state index contributed by atoms with van der Waals surface area (Å²) in [5.41, 5.74) is 14.9. The van der Waals surface area contributed by atoms with Crippen molar-refractivity contribution < 1.29 is 14.4 Å². The number of nitrogens with two attached hydrogens (primary N) is 3. The molecule has 0 fully saturated rings. The normalized spacial score (nSPS) is 10.4. The van der Waals surface area contributed by atoms with E-state index >= 15 is 0 Å². The maximum absolute atomic E-state index is 9.57. The predicted molar refractivity (Wildman–Crippen MR) is 48.4 cm³/mol. The molecule has 0 aromatic heterocycles. The lowest BCUT2D eigenvalue weighted by Gasteiger charge is -1.92. The molecule has 76 valence electrons. The number of rotatable bonds is 4. The Hall–Kier alpha value is 0.0300. The second kappa shape index (κ2) is 9.12. The summed E-state index contributed by atoms with van der Waals surface area (Å²) < 4.78 is 9.57. The standard InChI is InChI=1S/C4H12N2.CH6NO3P/c5-3-1-2-4-6;2-1-6(3,4)5/h1-6H2;1-2H2,(H2,3,4,5). The minimum absolute atomic E-state index is 0.562. The molecule has 0 bridgehead atoms. The summed E-state index contributed by atoms with van der Waals surface area (Å²) in [6.45, 7) is 1.55. The molecule has 0 aliphatic heterocycles. The molecule has 0 spiro atoms. The van der Waals surface area contributed by atoms with Crippen LogP contribution in [0, 0.1) is 0 Å². The second-order valence-electron chi connectivity index (χ2n) is 2.13. The Kier molecular flexibility index (Phi) is 11.1. The van der Waals surface area contributed by atoms with E-state index in [2.05, 4.69) is 5.73 Å². The third-order valence-corrected chi connectivity index (χ3v) is 1.37. The van der Waals surface area contributed by atoms with Gasteiger partial charge in [-0.2, -0.15) is 0 Å². The maximum atomic E-state index is 9.57. The first kappa shape index (κ1) is 14.5. The quantitative estimate of drug-likeness (QED) is 0.284. The van der Waals surface area contributed by atoms with Crippen molar-refractivity contribution in [3.8, 4) is 0 Å². The van der Waals surface area contributed by atoms with Gasteiger partial charge in [0.1, 0.15) is 0 Å². The molecule has 0 rings (SSSR count). The minimum atomic E-state index is -3.87. The fourth-order valence-electron chi connectivity index (χ4n) is 0.289. The highest BCUT2D eigenvalue weighted by molar-refractivity contribution is 7.51. The molecule has 0 saturated carbocycles. The predicted octanol–water partition coefficient (Wildman–Crippen LogP) is -1.24. The van der Waals surface area contributed by atoms with Gasteiger partial charge in [0.2, 0.25) is 0 Å². The van der Waals surface area contributed by atoms with Gasteiger partial charge in [-0.05, 0) is 25.9 Å². The van der Waals surface area contributed by atoms with E-state index in [1.165, 1.54) is 0 Å². The summed E-state index contributed by atoms with van der Waals surface area (Å²) in [5, 5.41) is 0. The lowest BCUT2D eigenvalue weighted by Crippen LogP contribution is -2.03. The first-order valence-electron chi connectivity index (χ1n) is 3.62. The van der Waals surface area contributed by atoms with Crippen LogP contribution in [0.25, 0.3) is 0 Å². The van der Waals surface area contributed by atoms with Crippen LogP contribution in [0.15, 0.2) is 0 Å². The van der Waals surface area contributed by atoms with Gasteiger partial charge in [0.25, 0.3) is 0 Å². The first-order valence-corrected chi connectivity index (χ1v) is 5.42. The van der Waals surface area contributed by atoms with Crippen molar-refractivity contribution in [1.82, 2.24) is 0 Å². The van der Waals surface area contributed by atoms with Crippen LogP contribution in [0.4, 0.5) is 0 Å². The molecule has 6 nitrogen and oxygen atoms in total. The molecule has 0 unspecified atom stereocenters. The van der Waals surface area contributed by atoms with Crippen LogP contribution in [0.5, 0.6) is 0 Å². The molecule has 0 aromatic rings. The summed E-state index contributed by atoms with van der Waals surface area (Å²) >= 11 is 0. The van der Waals surface area contributed by atoms with Crippen LogP contribution in [0.1, 0.15) is 12.8 Å². The van der Waals surface area contributed by atoms with Gasteiger partial charge in [-0.25, -0.2) is 0 Å². The van der Waals surface area contributed by atoms with Crippen LogP contribution in [-0.2, 0) is 4.57 Å². The third-order valence-electron chi connectivity index (χ3n) is 0.896. The number of hydrogen-bond donors (Lipinski definition) is 5. The number of unbranched alkanes of at least 4 members (excludes halogenated alkanes) is 1. The lowest BCUT2D eigenvalue weighted by atomic mass is 10.3. The second-order valence-corrected chi connectivity index (χ2v) is 3.83. The van der Waals surface area contributed by atoms with Gasteiger partial charge in [0.05, 0.1) is 6.29 Å². The zero-order chi connectivity index (χ0) is 10.0. The fraction of sp³-hybridized carbons (Fsp3) is 1.00. The SMILES string of the molecule is NCCCCN.NCP(=O)(O)O. The average Bonchev–Trinajstić information content (AvgIpc) is 2.01. The molecule has 0 radical (unpaired) electrons. The van der Waals surface area contributed by atoms with Crippen molar-refractivity contribution in [3.63, 3.8) is 0 Å². The lowest BCUT2D eigenvalue weighted by molar-refractivity contribution is 0.374. The maximum Gasteiger partial charge on any atom is 0.338 e. The molecular weight excluding hydrogens is 181 g/mol. The van der Waals surface area contributed by atoms with Crippen molar-refractivity contribution in [2.75, 3.05) is 19.4 Å². The summed E-state index contributed by atoms with van der Waals surface area (Å²) in [4.78, 5) is 15.6. The fourth-order valence-corrected chi connectivity index (χ4v) is 0.289. The Bertz CT molecular complexity index is 123. The van der Waals surface area contributed by atoms with E-state index in [1.54, 1.807) is 0 Å². The van der Waals surface area contributed by atoms with Crippen LogP contribution in [0.2, 0.25) is 0 Å². The molecule has 7 heteroatoms. The van der Waals surface area contributed by atoms with E-state index in [9.17, 15) is 4.57 Å². The summed E-state index contributed by atoms with van der Waals surface area (Å²) in [6.07, 6.45) is 1.57. The third kappa shape index (κ3) is 22.5. The molecular formula is C5H18N3O3P. The van der Waals surface area contributed by atoms with Gasteiger partial charge in [0.15, 0.2) is 0 Å². The average molecular weight is 199 g/mol. The topological polar surface area (TPSA) is 136 Å². The highest BCUT2D eigenvalue weighted by Crippen LogP contribution is 2.30. The van der Waals surface area contributed by atoms with Crippen LogP contribution in [0.3, 0.4) is 0 Å². The van der Waals surface area contributed by atoms with E-state index in [1.807, 2.05) is 0 Å². The Morgan fingerprint density at radius 3 is 1.33 bits per heavy atom. The molecule has 0 amide bonds. The molecule has 0 atom stereocenters. The first-order chi connectivity index (χ1) is 5.47. The minimum Gasteiger partial charge on any atom is -0.330 e. The smallest absolute Gasteiger partial charge is 0.330 e. The van der Waals surface area contributed by atoms with Crippen LogP contribution < -0.4 is 17.2 Å². The van der Waals surface area contributed by atoms with E-state index in [4.69, 9.17) is 21.3 Å². The van der Waals surface area contributed by atoms with Gasteiger partial charge in [-0.3, -0.25) is 4.57 Å². The van der Waals surface area contributed by atoms with Gasteiger partial charge in [0, 0.05) is 0 Å². The summed E-state index contributed by atoms with van der Waals surface area (Å²) in [7, 11) is -3.87. The molecule has 0 heterocycles. The molecule has 0 aromatic carbocycles. The Morgan fingerprint density at radius 1 is 1.00 bits per heavy atom. The highest BCUT2D eigenvalue weighted by Gasteiger charge is 2.05. The van der Waals surface area contributed by atoms with Gasteiger partial charge in [-0.1, -0.05) is 0 Å². The van der Waals surface area contributed by atoms with Crippen molar-refractivity contribution >= 4 is 7.60 Å². The Morgan fingerprint density at radius 2 is 1.25 bits per heavy atom. The molecule has 0 aliphatic rings.